The van der Waals surface area contributed by atoms with Gasteiger partial charge in [-0.05, 0) is 56.0 Å². The fraction of sp³-hybridized carbons (Fsp3) is 0.647. The van der Waals surface area contributed by atoms with E-state index >= 15 is 0 Å². The number of ether oxygens (including phenoxy) is 1. The highest BCUT2D eigenvalue weighted by atomic mass is 16.5. The maximum absolute atomic E-state index is 6.35. The molecule has 0 aliphatic carbocycles. The van der Waals surface area contributed by atoms with Crippen LogP contribution in [0.5, 0.6) is 5.75 Å². The summed E-state index contributed by atoms with van der Waals surface area (Å²) in [4.78, 5) is 2.53. The molecule has 112 valence electrons. The standard InChI is InChI=1S/C17H28N2O/c1-3-14-5-4-11-19(12-10-14)13-17(18)15-6-8-16(20-2)9-7-15/h6-9,14,17H,3-5,10-13,18H2,1-2H3. The molecule has 1 heterocycles. The molecule has 0 spiro atoms. The van der Waals surface area contributed by atoms with Crippen molar-refractivity contribution >= 4 is 0 Å². The molecule has 1 aliphatic heterocycles. The van der Waals surface area contributed by atoms with Crippen molar-refractivity contribution in [2.75, 3.05) is 26.7 Å². The van der Waals surface area contributed by atoms with E-state index in [0.717, 1.165) is 18.2 Å². The van der Waals surface area contributed by atoms with Crippen LogP contribution in [-0.2, 0) is 0 Å². The Morgan fingerprint density at radius 2 is 2.00 bits per heavy atom. The van der Waals surface area contributed by atoms with Gasteiger partial charge in [-0.15, -0.1) is 0 Å². The highest BCUT2D eigenvalue weighted by molar-refractivity contribution is 5.29. The minimum absolute atomic E-state index is 0.0964. The first-order valence-electron chi connectivity index (χ1n) is 7.84. The molecule has 2 N–H and O–H groups in total. The summed E-state index contributed by atoms with van der Waals surface area (Å²) in [5.41, 5.74) is 7.55. The Morgan fingerprint density at radius 3 is 2.65 bits per heavy atom. The smallest absolute Gasteiger partial charge is 0.118 e. The second kappa shape index (κ2) is 7.65. The molecule has 2 atom stereocenters. The van der Waals surface area contributed by atoms with Crippen molar-refractivity contribution in [1.29, 1.82) is 0 Å². The normalized spacial score (nSPS) is 22.2. The molecule has 2 rings (SSSR count). The van der Waals surface area contributed by atoms with Crippen molar-refractivity contribution in [2.24, 2.45) is 11.7 Å². The van der Waals surface area contributed by atoms with Crippen molar-refractivity contribution in [1.82, 2.24) is 4.90 Å². The molecule has 0 aromatic heterocycles. The maximum atomic E-state index is 6.35. The van der Waals surface area contributed by atoms with Crippen LogP contribution in [0.2, 0.25) is 0 Å². The third kappa shape index (κ3) is 4.22. The van der Waals surface area contributed by atoms with Gasteiger partial charge in [0.1, 0.15) is 5.75 Å². The SMILES string of the molecule is CCC1CCCN(CC(N)c2ccc(OC)cc2)CC1. The van der Waals surface area contributed by atoms with Crippen molar-refractivity contribution in [2.45, 2.75) is 38.6 Å². The summed E-state index contributed by atoms with van der Waals surface area (Å²) >= 11 is 0. The molecule has 1 fully saturated rings. The third-order valence-electron chi connectivity index (χ3n) is 4.52. The summed E-state index contributed by atoms with van der Waals surface area (Å²) in [5.74, 6) is 1.80. The first-order chi connectivity index (χ1) is 9.72. The quantitative estimate of drug-likeness (QED) is 0.897. The lowest BCUT2D eigenvalue weighted by Gasteiger charge is -2.24. The van der Waals surface area contributed by atoms with Gasteiger partial charge in [-0.2, -0.15) is 0 Å². The Labute approximate surface area is 123 Å². The fourth-order valence-corrected chi connectivity index (χ4v) is 3.05. The molecular weight excluding hydrogens is 248 g/mol. The van der Waals surface area contributed by atoms with E-state index < -0.39 is 0 Å². The van der Waals surface area contributed by atoms with E-state index in [0.29, 0.717) is 0 Å². The predicted molar refractivity (Wildman–Crippen MR) is 84.0 cm³/mol. The Kier molecular flexibility index (Phi) is 5.86. The van der Waals surface area contributed by atoms with Gasteiger partial charge < -0.3 is 15.4 Å². The van der Waals surface area contributed by atoms with Crippen LogP contribution in [0.3, 0.4) is 0 Å². The summed E-state index contributed by atoms with van der Waals surface area (Å²) in [6.45, 7) is 5.66. The molecule has 1 saturated heterocycles. The van der Waals surface area contributed by atoms with Crippen LogP contribution < -0.4 is 10.5 Å². The third-order valence-corrected chi connectivity index (χ3v) is 4.52. The summed E-state index contributed by atoms with van der Waals surface area (Å²) in [6, 6.07) is 8.24. The average molecular weight is 276 g/mol. The van der Waals surface area contributed by atoms with E-state index in [2.05, 4.69) is 24.0 Å². The topological polar surface area (TPSA) is 38.5 Å². The maximum Gasteiger partial charge on any atom is 0.118 e. The van der Waals surface area contributed by atoms with Gasteiger partial charge in [-0.3, -0.25) is 0 Å². The van der Waals surface area contributed by atoms with Gasteiger partial charge in [-0.1, -0.05) is 25.5 Å². The van der Waals surface area contributed by atoms with Crippen LogP contribution in [0, 0.1) is 5.92 Å². The fourth-order valence-electron chi connectivity index (χ4n) is 3.05. The van der Waals surface area contributed by atoms with E-state index in [1.807, 2.05) is 12.1 Å². The summed E-state index contributed by atoms with van der Waals surface area (Å²) in [7, 11) is 1.69. The van der Waals surface area contributed by atoms with Gasteiger partial charge in [0.25, 0.3) is 0 Å². The molecule has 2 unspecified atom stereocenters. The largest absolute Gasteiger partial charge is 0.497 e. The molecule has 0 saturated carbocycles. The number of likely N-dealkylation sites (tertiary alicyclic amines) is 1. The average Bonchev–Trinajstić information content (AvgIpc) is 2.72. The lowest BCUT2D eigenvalue weighted by molar-refractivity contribution is 0.263. The Bertz CT molecular complexity index is 390. The Hall–Kier alpha value is -1.06. The zero-order valence-corrected chi connectivity index (χ0v) is 12.8. The lowest BCUT2D eigenvalue weighted by Crippen LogP contribution is -2.33. The minimum Gasteiger partial charge on any atom is -0.497 e. The zero-order valence-electron chi connectivity index (χ0n) is 12.8. The highest BCUT2D eigenvalue weighted by Crippen LogP contribution is 2.22. The zero-order chi connectivity index (χ0) is 14.4. The lowest BCUT2D eigenvalue weighted by atomic mass is 9.98. The number of hydrogen-bond donors (Lipinski definition) is 1. The van der Waals surface area contributed by atoms with Gasteiger partial charge in [0.05, 0.1) is 7.11 Å². The number of nitrogens with two attached hydrogens (primary N) is 1. The highest BCUT2D eigenvalue weighted by Gasteiger charge is 2.18. The number of rotatable bonds is 5. The van der Waals surface area contributed by atoms with E-state index in [1.165, 1.54) is 44.3 Å². The minimum atomic E-state index is 0.0964. The van der Waals surface area contributed by atoms with Gasteiger partial charge in [-0.25, -0.2) is 0 Å². The monoisotopic (exact) mass is 276 g/mol. The van der Waals surface area contributed by atoms with Crippen LogP contribution in [0.25, 0.3) is 0 Å². The molecular formula is C17H28N2O. The molecule has 1 aromatic carbocycles. The van der Waals surface area contributed by atoms with Crippen LogP contribution in [0.4, 0.5) is 0 Å². The molecule has 1 aromatic rings. The van der Waals surface area contributed by atoms with E-state index in [-0.39, 0.29) is 6.04 Å². The van der Waals surface area contributed by atoms with Crippen LogP contribution in [-0.4, -0.2) is 31.6 Å². The van der Waals surface area contributed by atoms with Gasteiger partial charge in [0.2, 0.25) is 0 Å². The molecule has 0 amide bonds. The predicted octanol–water partition coefficient (Wildman–Crippen LogP) is 3.21. The number of benzene rings is 1. The first-order valence-corrected chi connectivity index (χ1v) is 7.84. The summed E-state index contributed by atoms with van der Waals surface area (Å²) < 4.78 is 5.19. The Balaban J connectivity index is 1.88. The molecule has 0 bridgehead atoms. The van der Waals surface area contributed by atoms with Crippen molar-refractivity contribution in [3.8, 4) is 5.75 Å². The second-order valence-corrected chi connectivity index (χ2v) is 5.89. The van der Waals surface area contributed by atoms with E-state index in [1.54, 1.807) is 7.11 Å². The van der Waals surface area contributed by atoms with Crippen LogP contribution >= 0.6 is 0 Å². The van der Waals surface area contributed by atoms with Gasteiger partial charge in [0, 0.05) is 12.6 Å². The van der Waals surface area contributed by atoms with Gasteiger partial charge >= 0.3 is 0 Å². The number of methoxy groups -OCH3 is 1. The summed E-state index contributed by atoms with van der Waals surface area (Å²) in [5, 5.41) is 0. The van der Waals surface area contributed by atoms with Crippen molar-refractivity contribution < 1.29 is 4.74 Å². The van der Waals surface area contributed by atoms with E-state index in [4.69, 9.17) is 10.5 Å². The molecule has 20 heavy (non-hydrogen) atoms. The van der Waals surface area contributed by atoms with Crippen LogP contribution in [0.1, 0.15) is 44.2 Å². The van der Waals surface area contributed by atoms with Crippen molar-refractivity contribution in [3.05, 3.63) is 29.8 Å². The number of nitrogens with zero attached hydrogens (tertiary/aromatic N) is 1. The molecule has 0 radical (unpaired) electrons. The van der Waals surface area contributed by atoms with Gasteiger partial charge in [0.15, 0.2) is 0 Å². The number of hydrogen-bond acceptors (Lipinski definition) is 3. The molecule has 3 heteroatoms. The van der Waals surface area contributed by atoms with Crippen molar-refractivity contribution in [3.63, 3.8) is 0 Å². The van der Waals surface area contributed by atoms with Crippen LogP contribution in [0.15, 0.2) is 24.3 Å². The summed E-state index contributed by atoms with van der Waals surface area (Å²) in [6.07, 6.45) is 5.34. The second-order valence-electron chi connectivity index (χ2n) is 5.89. The Morgan fingerprint density at radius 1 is 1.25 bits per heavy atom. The molecule has 1 aliphatic rings. The molecule has 3 nitrogen and oxygen atoms in total. The first kappa shape index (κ1) is 15.3. The van der Waals surface area contributed by atoms with E-state index in [9.17, 15) is 0 Å².